The molecule has 1 saturated heterocycles. The Morgan fingerprint density at radius 3 is 2.07 bits per heavy atom. The fourth-order valence-electron chi connectivity index (χ4n) is 8.29. The molecule has 0 saturated carbocycles. The lowest BCUT2D eigenvalue weighted by Crippen LogP contribution is -2.51. The van der Waals surface area contributed by atoms with Crippen molar-refractivity contribution < 1.29 is 47.4 Å². The molecule has 3 amide bonds. The van der Waals surface area contributed by atoms with Crippen LogP contribution in [0.4, 0.5) is 5.95 Å². The second-order valence-electron chi connectivity index (χ2n) is 17.8. The van der Waals surface area contributed by atoms with Crippen LogP contribution in [-0.4, -0.2) is 187 Å². The summed E-state index contributed by atoms with van der Waals surface area (Å²) in [4.78, 5) is 98.8. The minimum Gasteiger partial charge on any atom is -0.381 e. The lowest BCUT2D eigenvalue weighted by atomic mass is 10.1. The Bertz CT molecular complexity index is 2630. The predicted molar refractivity (Wildman–Crippen MR) is 268 cm³/mol. The molecule has 72 heavy (non-hydrogen) atoms. The molecular weight excluding hydrogens is 953 g/mol. The predicted octanol–water partition coefficient (Wildman–Crippen LogP) is -0.504. The van der Waals surface area contributed by atoms with Gasteiger partial charge >= 0.3 is 6.15 Å². The second kappa shape index (κ2) is 28.7. The van der Waals surface area contributed by atoms with E-state index in [1.165, 1.54) is 13.1 Å². The number of aliphatic hydroxyl groups excluding tert-OH is 2. The Hall–Kier alpha value is -6.21. The van der Waals surface area contributed by atoms with Gasteiger partial charge in [0.05, 0.1) is 36.5 Å². The largest absolute Gasteiger partial charge is 0.381 e. The number of aryl methyl sites for hydroxylation is 4. The van der Waals surface area contributed by atoms with E-state index in [-0.39, 0.29) is 66.9 Å². The zero-order valence-corrected chi connectivity index (χ0v) is 42.8. The highest BCUT2D eigenvalue weighted by molar-refractivity contribution is 7.89. The van der Waals surface area contributed by atoms with Crippen molar-refractivity contribution in [2.24, 2.45) is 0 Å². The molecule has 2 aromatic heterocycles. The van der Waals surface area contributed by atoms with Crippen molar-refractivity contribution in [1.29, 1.82) is 0 Å². The highest BCUT2D eigenvalue weighted by Crippen LogP contribution is 2.22. The fraction of sp³-hybridized carbons (Fsp3) is 0.521. The number of hydrogen-bond donors (Lipinski definition) is 8. The number of aliphatic hydroxyl groups is 2. The van der Waals surface area contributed by atoms with E-state index in [1.54, 1.807) is 62.0 Å². The molecule has 4 aromatic rings. The molecule has 0 bridgehead atoms. The summed E-state index contributed by atoms with van der Waals surface area (Å²) < 4.78 is 31.3. The molecule has 2 aromatic carbocycles. The normalized spacial score (nSPS) is 15.4. The van der Waals surface area contributed by atoms with Crippen LogP contribution in [0.1, 0.15) is 59.3 Å². The van der Waals surface area contributed by atoms with Gasteiger partial charge in [0, 0.05) is 103 Å². The van der Waals surface area contributed by atoms with Gasteiger partial charge in [0.1, 0.15) is 17.4 Å². The van der Waals surface area contributed by atoms with Gasteiger partial charge in [-0.3, -0.25) is 38.7 Å². The lowest BCUT2D eigenvalue weighted by Gasteiger charge is -2.32. The monoisotopic (exact) mass is 1020 g/mol. The Labute approximate surface area is 419 Å². The summed E-state index contributed by atoms with van der Waals surface area (Å²) in [6.07, 6.45) is 5.68. The van der Waals surface area contributed by atoms with Crippen molar-refractivity contribution in [2.45, 2.75) is 77.5 Å². The molecule has 23 nitrogen and oxygen atoms in total. The number of pyridine rings is 1. The first-order chi connectivity index (χ1) is 34.3. The second-order valence-corrected chi connectivity index (χ2v) is 19.4. The molecule has 0 aliphatic carbocycles. The van der Waals surface area contributed by atoms with E-state index in [0.29, 0.717) is 87.8 Å². The van der Waals surface area contributed by atoms with E-state index in [1.807, 2.05) is 34.7 Å². The van der Waals surface area contributed by atoms with Gasteiger partial charge in [-0.25, -0.2) is 13.4 Å². The molecule has 0 radical (unpaired) electrons. The van der Waals surface area contributed by atoms with Crippen molar-refractivity contribution in [3.63, 3.8) is 0 Å². The van der Waals surface area contributed by atoms with Crippen LogP contribution in [0.15, 0.2) is 58.6 Å². The quantitative estimate of drug-likeness (QED) is 0.0488. The van der Waals surface area contributed by atoms with Gasteiger partial charge in [-0.2, -0.15) is 14.3 Å². The number of carbonyl (C=O) groups excluding carboxylic acids is 6. The van der Waals surface area contributed by atoms with E-state index in [4.69, 9.17) is 9.59 Å². The van der Waals surface area contributed by atoms with Gasteiger partial charge < -0.3 is 45.9 Å². The van der Waals surface area contributed by atoms with Gasteiger partial charge in [-0.15, -0.1) is 0 Å². The average molecular weight is 1020 g/mol. The van der Waals surface area contributed by atoms with Gasteiger partial charge in [0.2, 0.25) is 27.3 Å². The molecule has 3 heterocycles. The first-order valence-electron chi connectivity index (χ1n) is 23.8. The highest BCUT2D eigenvalue weighted by Gasteiger charge is 2.28. The standard InChI is InChI=1S/C47H70N12O9S.CO2/c1-7-39(53-42(63)29-56-17-15-55(6)16-18-57(30-60)21-22-58(31-61)20-19-56)46(66)48-11-8-14-59-28-38(43(64)37-10-9-36(25-41(37)59)26-52-47-49-12-13-50-47)45(65)51-27-40(35(5)62)54-69(67,68)44-33(3)23-32(2)24-34(44)4;2-1-3/h9-10,12-13,23-25,28,39-40,54,60-61H,7-8,11,14-22,26-27,29-31H2,1-6H3,(H,48,66)(H,51,65)(H,53,63)(H2,49,50,52);/t39-,40?;/m0./s1. The maximum Gasteiger partial charge on any atom is 0.373 e. The number of nitrogens with zero attached hydrogens (tertiary/aromatic N) is 6. The minimum atomic E-state index is -4.18. The molecule has 394 valence electrons. The van der Waals surface area contributed by atoms with Crippen LogP contribution in [0, 0.1) is 20.8 Å². The average Bonchev–Trinajstić information content (AvgIpc) is 3.86. The molecule has 1 aliphatic heterocycles. The van der Waals surface area contributed by atoms with Crippen LogP contribution in [0.5, 0.6) is 0 Å². The number of anilines is 1. The summed E-state index contributed by atoms with van der Waals surface area (Å²) in [6, 6.07) is 6.56. The van der Waals surface area contributed by atoms with Crippen LogP contribution >= 0.6 is 0 Å². The molecule has 1 fully saturated rings. The number of nitrogens with one attached hydrogen (secondary N) is 6. The van der Waals surface area contributed by atoms with E-state index < -0.39 is 45.8 Å². The number of amides is 3. The highest BCUT2D eigenvalue weighted by atomic mass is 32.2. The van der Waals surface area contributed by atoms with Gasteiger partial charge in [0.25, 0.3) is 5.91 Å². The number of benzene rings is 2. The zero-order chi connectivity index (χ0) is 53.0. The molecule has 5 rings (SSSR count). The Kier molecular flexibility index (Phi) is 23.3. The van der Waals surface area contributed by atoms with Crippen molar-refractivity contribution in [2.75, 3.05) is 97.8 Å². The van der Waals surface area contributed by atoms with Gasteiger partial charge in [-0.05, 0) is 76.4 Å². The van der Waals surface area contributed by atoms with Crippen LogP contribution in [0.3, 0.4) is 0 Å². The van der Waals surface area contributed by atoms with Crippen molar-refractivity contribution in [1.82, 2.24) is 54.8 Å². The molecular formula is C48H70N12O11S. The first-order valence-corrected chi connectivity index (χ1v) is 25.2. The van der Waals surface area contributed by atoms with Crippen molar-refractivity contribution in [3.05, 3.63) is 87.0 Å². The number of aromatic amines is 1. The van der Waals surface area contributed by atoms with Crippen LogP contribution in [0.25, 0.3) is 10.9 Å². The van der Waals surface area contributed by atoms with Crippen LogP contribution < -0.4 is 31.4 Å². The third kappa shape index (κ3) is 17.5. The zero-order valence-electron chi connectivity index (χ0n) is 42.0. The molecule has 8 N–H and O–H groups in total. The number of H-pyrrole nitrogens is 1. The number of hydrogen-bond acceptors (Lipinski definition) is 17. The number of ketones is 1. The first kappa shape index (κ1) is 58.4. The van der Waals surface area contributed by atoms with Gasteiger partial charge in [-0.1, -0.05) is 30.7 Å². The smallest absolute Gasteiger partial charge is 0.373 e. The van der Waals surface area contributed by atoms with Crippen molar-refractivity contribution >= 4 is 56.5 Å². The number of rotatable bonds is 21. The number of fused-ring (bicyclic) bond motifs is 1. The van der Waals surface area contributed by atoms with Gasteiger partial charge in [0.15, 0.2) is 5.95 Å². The van der Waals surface area contributed by atoms with E-state index in [2.05, 4.69) is 40.9 Å². The number of imidazole rings is 1. The lowest BCUT2D eigenvalue weighted by molar-refractivity contribution is -0.191. The fourth-order valence-corrected chi connectivity index (χ4v) is 10.0. The van der Waals surface area contributed by atoms with E-state index >= 15 is 0 Å². The molecule has 2 atom stereocenters. The maximum atomic E-state index is 14.0. The number of carbonyl (C=O) groups is 4. The van der Waals surface area contributed by atoms with Crippen molar-refractivity contribution in [3.8, 4) is 0 Å². The summed E-state index contributed by atoms with van der Waals surface area (Å²) in [5.74, 6) is -1.45. The van der Waals surface area contributed by atoms with Crippen LogP contribution in [0.2, 0.25) is 0 Å². The number of likely N-dealkylation sites (N-methyl/N-ethyl adjacent to an activating group) is 1. The number of Topliss-reactive ketones (excluding diaryl/α,β-unsaturated/α-hetero) is 1. The molecule has 0 spiro atoms. The van der Waals surface area contributed by atoms with E-state index in [9.17, 15) is 42.6 Å². The van der Waals surface area contributed by atoms with E-state index in [0.717, 1.165) is 17.7 Å². The summed E-state index contributed by atoms with van der Waals surface area (Å²) in [5.41, 5.74) is 2.45. The number of aromatic nitrogens is 3. The minimum absolute atomic E-state index is 0.0475. The topological polar surface area (TPSA) is 301 Å². The third-order valence-electron chi connectivity index (χ3n) is 12.2. The summed E-state index contributed by atoms with van der Waals surface area (Å²) in [6.45, 7) is 13.3. The molecule has 24 heteroatoms. The molecule has 1 aliphatic rings. The Morgan fingerprint density at radius 1 is 0.875 bits per heavy atom. The Morgan fingerprint density at radius 2 is 1.49 bits per heavy atom. The summed E-state index contributed by atoms with van der Waals surface area (Å²) >= 11 is 0. The maximum absolute atomic E-state index is 14.0. The number of sulfonamides is 1. The molecule has 1 unspecified atom stereocenters. The van der Waals surface area contributed by atoms with Crippen LogP contribution in [-0.2, 0) is 47.1 Å². The SMILES string of the molecule is CC[C@H](NC(=O)CN1CCN(C)CCN(CO)CCN(CO)CC1)C(=O)NCCCn1cc(C(=O)NCC(NS(=O)(=O)c2c(C)cc(C)cc2C)C(C)=O)c(=O)c2ccc(CNc3ncc[nH]3)cc21.O=C=O. The Balaban J connectivity index is 0.00000365. The summed E-state index contributed by atoms with van der Waals surface area (Å²) in [7, 11) is -2.19. The third-order valence-corrected chi connectivity index (χ3v) is 14.0. The summed E-state index contributed by atoms with van der Waals surface area (Å²) in [5, 5.41) is 31.5.